The molecule has 0 aromatic heterocycles. The Hall–Kier alpha value is -2.73. The summed E-state index contributed by atoms with van der Waals surface area (Å²) >= 11 is 0. The van der Waals surface area contributed by atoms with Crippen molar-refractivity contribution in [3.8, 4) is 0 Å². The molecule has 2 amide bonds. The molecule has 0 bridgehead atoms. The molecule has 3 N–H and O–H groups in total. The highest BCUT2D eigenvalue weighted by Gasteiger charge is 2.15. The molecule has 2 aromatic carbocycles. The van der Waals surface area contributed by atoms with Crippen LogP contribution in [0, 0.1) is 0 Å². The molecule has 1 atom stereocenters. The van der Waals surface area contributed by atoms with Gasteiger partial charge in [-0.2, -0.15) is 0 Å². The lowest BCUT2D eigenvalue weighted by Gasteiger charge is -2.16. The molecule has 6 heteroatoms. The molecule has 0 spiro atoms. The number of rotatable bonds is 5. The van der Waals surface area contributed by atoms with E-state index in [1.54, 1.807) is 60.9 Å². The van der Waals surface area contributed by atoms with E-state index in [0.717, 1.165) is 0 Å². The van der Waals surface area contributed by atoms with Crippen LogP contribution in [0.2, 0.25) is 0 Å². The van der Waals surface area contributed by atoms with Gasteiger partial charge < -0.3 is 5.32 Å². The molecule has 0 aliphatic rings. The summed E-state index contributed by atoms with van der Waals surface area (Å²) in [5.41, 5.74) is 3.13. The molecule has 23 heavy (non-hydrogen) atoms. The molecule has 0 saturated carbocycles. The van der Waals surface area contributed by atoms with Crippen LogP contribution in [-0.4, -0.2) is 17.0 Å². The van der Waals surface area contributed by atoms with Crippen molar-refractivity contribution in [2.75, 3.05) is 0 Å². The summed E-state index contributed by atoms with van der Waals surface area (Å²) in [6, 6.07) is 12.6. The zero-order chi connectivity index (χ0) is 16.8. The van der Waals surface area contributed by atoms with Crippen LogP contribution in [0.4, 0.5) is 4.39 Å². The topological polar surface area (TPSA) is 78.4 Å². The fourth-order valence-electron chi connectivity index (χ4n) is 2.23. The van der Waals surface area contributed by atoms with Crippen LogP contribution in [0.15, 0.2) is 48.5 Å². The van der Waals surface area contributed by atoms with Crippen LogP contribution in [0.25, 0.3) is 0 Å². The van der Waals surface area contributed by atoms with Crippen molar-refractivity contribution in [1.29, 1.82) is 0 Å². The molecule has 2 aromatic rings. The molecule has 0 aliphatic carbocycles. The van der Waals surface area contributed by atoms with Crippen LogP contribution in [-0.2, 0) is 6.67 Å². The van der Waals surface area contributed by atoms with Gasteiger partial charge in [0.1, 0.15) is 6.67 Å². The molecule has 1 unspecified atom stereocenters. The van der Waals surface area contributed by atoms with Crippen molar-refractivity contribution in [2.24, 2.45) is 0 Å². The largest absolute Gasteiger partial charge is 0.346 e. The maximum Gasteiger partial charge on any atom is 0.274 e. The van der Waals surface area contributed by atoms with Gasteiger partial charge >= 0.3 is 0 Å². The molecule has 0 radical (unpaired) electrons. The third kappa shape index (κ3) is 3.92. The minimum absolute atomic E-state index is 0.273. The highest BCUT2D eigenvalue weighted by molar-refractivity contribution is 5.96. The molecule has 120 valence electrons. The monoisotopic (exact) mass is 316 g/mol. The second-order valence-corrected chi connectivity index (χ2v) is 5.05. The fourth-order valence-corrected chi connectivity index (χ4v) is 2.23. The number of hydroxylamine groups is 1. The number of amides is 2. The average Bonchev–Trinajstić information content (AvgIpc) is 2.60. The van der Waals surface area contributed by atoms with Crippen molar-refractivity contribution in [3.05, 3.63) is 70.8 Å². The lowest BCUT2D eigenvalue weighted by Crippen LogP contribution is -2.28. The predicted octanol–water partition coefficient (Wildman–Crippen LogP) is 2.77. The minimum atomic E-state index is -0.718. The summed E-state index contributed by atoms with van der Waals surface area (Å²) < 4.78 is 12.9. The third-order valence-electron chi connectivity index (χ3n) is 3.50. The fraction of sp³-hybridized carbons (Fsp3) is 0.176. The first-order valence-corrected chi connectivity index (χ1v) is 7.06. The standard InChI is InChI=1S/C17H17FN2O3/c1-11(12-6-4-7-13(9-12)16(21)20-23)19-17(22)15-8-3-2-5-14(15)10-18/h2-9,11,23H,10H2,1H3,(H,19,22)(H,20,21). The second kappa shape index (κ2) is 7.51. The third-order valence-corrected chi connectivity index (χ3v) is 3.50. The van der Waals surface area contributed by atoms with E-state index in [4.69, 9.17) is 5.21 Å². The van der Waals surface area contributed by atoms with Crippen LogP contribution >= 0.6 is 0 Å². The maximum atomic E-state index is 12.9. The van der Waals surface area contributed by atoms with Crippen molar-refractivity contribution >= 4 is 11.8 Å². The first-order chi connectivity index (χ1) is 11.1. The number of halogens is 1. The molecule has 0 saturated heterocycles. The first kappa shape index (κ1) is 16.6. The van der Waals surface area contributed by atoms with E-state index in [-0.39, 0.29) is 23.1 Å². The number of alkyl halides is 1. The molecule has 0 aliphatic heterocycles. The van der Waals surface area contributed by atoms with Gasteiger partial charge in [0.15, 0.2) is 0 Å². The van der Waals surface area contributed by atoms with Gasteiger partial charge in [0.05, 0.1) is 6.04 Å². The normalized spacial score (nSPS) is 11.6. The number of nitrogens with one attached hydrogen (secondary N) is 2. The quantitative estimate of drug-likeness (QED) is 0.586. The van der Waals surface area contributed by atoms with E-state index >= 15 is 0 Å². The first-order valence-electron chi connectivity index (χ1n) is 7.06. The lowest BCUT2D eigenvalue weighted by molar-refractivity contribution is 0.0706. The van der Waals surface area contributed by atoms with Gasteiger partial charge in [-0.25, -0.2) is 9.87 Å². The van der Waals surface area contributed by atoms with E-state index < -0.39 is 12.6 Å². The van der Waals surface area contributed by atoms with Gasteiger partial charge in [0.2, 0.25) is 0 Å². The number of carbonyl (C=O) groups is 2. The summed E-state index contributed by atoms with van der Waals surface area (Å²) in [5, 5.41) is 11.4. The lowest BCUT2D eigenvalue weighted by atomic mass is 10.0. The van der Waals surface area contributed by atoms with Gasteiger partial charge in [0.25, 0.3) is 11.8 Å². The maximum absolute atomic E-state index is 12.9. The Labute approximate surface area is 133 Å². The van der Waals surface area contributed by atoms with Gasteiger partial charge in [0, 0.05) is 11.1 Å². The number of carbonyl (C=O) groups excluding carboxylic acids is 2. The highest BCUT2D eigenvalue weighted by Crippen LogP contribution is 2.17. The molecule has 0 fully saturated rings. The highest BCUT2D eigenvalue weighted by atomic mass is 19.1. The summed E-state index contributed by atoms with van der Waals surface area (Å²) in [5.74, 6) is -1.02. The number of benzene rings is 2. The van der Waals surface area contributed by atoms with E-state index in [1.807, 2.05) is 0 Å². The Morgan fingerprint density at radius 1 is 1.13 bits per heavy atom. The van der Waals surface area contributed by atoms with Gasteiger partial charge in [-0.3, -0.25) is 14.8 Å². The Morgan fingerprint density at radius 3 is 2.57 bits per heavy atom. The summed E-state index contributed by atoms with van der Waals surface area (Å²) in [4.78, 5) is 23.7. The zero-order valence-corrected chi connectivity index (χ0v) is 12.5. The Balaban J connectivity index is 2.17. The minimum Gasteiger partial charge on any atom is -0.346 e. The Kier molecular flexibility index (Phi) is 5.43. The van der Waals surface area contributed by atoms with E-state index in [2.05, 4.69) is 5.32 Å². The van der Waals surface area contributed by atoms with Crippen LogP contribution in [0.3, 0.4) is 0 Å². The molecular weight excluding hydrogens is 299 g/mol. The average molecular weight is 316 g/mol. The van der Waals surface area contributed by atoms with E-state index in [0.29, 0.717) is 11.1 Å². The van der Waals surface area contributed by atoms with Crippen LogP contribution in [0.5, 0.6) is 0 Å². The second-order valence-electron chi connectivity index (χ2n) is 5.05. The summed E-state index contributed by atoms with van der Waals surface area (Å²) in [7, 11) is 0. The van der Waals surface area contributed by atoms with Gasteiger partial charge in [-0.1, -0.05) is 30.3 Å². The van der Waals surface area contributed by atoms with E-state index in [9.17, 15) is 14.0 Å². The predicted molar refractivity (Wildman–Crippen MR) is 82.8 cm³/mol. The molecule has 2 rings (SSSR count). The van der Waals surface area contributed by atoms with Crippen LogP contribution < -0.4 is 10.8 Å². The number of hydrogen-bond donors (Lipinski definition) is 3. The van der Waals surface area contributed by atoms with Crippen LogP contribution in [0.1, 0.15) is 44.8 Å². The Morgan fingerprint density at radius 2 is 1.87 bits per heavy atom. The Bertz CT molecular complexity index is 718. The number of hydrogen-bond acceptors (Lipinski definition) is 3. The SMILES string of the molecule is CC(NC(=O)c1ccccc1CF)c1cccc(C(=O)NO)c1. The molecule has 0 heterocycles. The summed E-state index contributed by atoms with van der Waals surface area (Å²) in [6.45, 7) is 1.04. The zero-order valence-electron chi connectivity index (χ0n) is 12.5. The van der Waals surface area contributed by atoms with Gasteiger partial charge in [-0.05, 0) is 36.2 Å². The molecular formula is C17H17FN2O3. The van der Waals surface area contributed by atoms with Gasteiger partial charge in [-0.15, -0.1) is 0 Å². The smallest absolute Gasteiger partial charge is 0.274 e. The van der Waals surface area contributed by atoms with Crippen molar-refractivity contribution in [3.63, 3.8) is 0 Å². The van der Waals surface area contributed by atoms with Crippen molar-refractivity contribution in [2.45, 2.75) is 19.6 Å². The summed E-state index contributed by atoms with van der Waals surface area (Å²) in [6.07, 6.45) is 0. The van der Waals surface area contributed by atoms with Crippen molar-refractivity contribution in [1.82, 2.24) is 10.8 Å². The van der Waals surface area contributed by atoms with E-state index in [1.165, 1.54) is 0 Å². The molecule has 5 nitrogen and oxygen atoms in total. The van der Waals surface area contributed by atoms with Crippen molar-refractivity contribution < 1.29 is 19.2 Å².